The third-order valence-corrected chi connectivity index (χ3v) is 4.06. The number of aromatic nitrogens is 5. The van der Waals surface area contributed by atoms with Crippen molar-refractivity contribution in [2.75, 3.05) is 0 Å². The summed E-state index contributed by atoms with van der Waals surface area (Å²) in [5.41, 5.74) is 4.89. The summed E-state index contributed by atoms with van der Waals surface area (Å²) in [6.45, 7) is 8.98. The summed E-state index contributed by atoms with van der Waals surface area (Å²) in [5, 5.41) is 12.6. The molecule has 3 rings (SSSR count). The highest BCUT2D eigenvalue weighted by atomic mass is 16.1. The maximum atomic E-state index is 12.7. The lowest BCUT2D eigenvalue weighted by atomic mass is 10.1. The summed E-state index contributed by atoms with van der Waals surface area (Å²) >= 11 is 0. The van der Waals surface area contributed by atoms with Crippen molar-refractivity contribution in [1.82, 2.24) is 29.9 Å². The van der Waals surface area contributed by atoms with E-state index in [1.807, 2.05) is 51.6 Å². The van der Waals surface area contributed by atoms with E-state index < -0.39 is 0 Å². The molecule has 1 amide bonds. The van der Waals surface area contributed by atoms with E-state index in [0.29, 0.717) is 12.1 Å². The van der Waals surface area contributed by atoms with Gasteiger partial charge in [-0.15, -0.1) is 0 Å². The topological polar surface area (TPSA) is 77.6 Å². The average Bonchev–Trinajstić information content (AvgIpc) is 3.04. The lowest BCUT2D eigenvalue weighted by Crippen LogP contribution is -2.25. The van der Waals surface area contributed by atoms with Crippen LogP contribution in [0.4, 0.5) is 0 Å². The first kappa shape index (κ1) is 16.2. The number of pyridine rings is 1. The average molecular weight is 326 g/mol. The minimum Gasteiger partial charge on any atom is -0.346 e. The molecular weight excluding hydrogens is 304 g/mol. The maximum Gasteiger partial charge on any atom is 0.252 e. The van der Waals surface area contributed by atoms with Gasteiger partial charge in [0.05, 0.1) is 34.6 Å². The van der Waals surface area contributed by atoms with Crippen molar-refractivity contribution >= 4 is 16.9 Å². The van der Waals surface area contributed by atoms with Crippen LogP contribution in [0.2, 0.25) is 0 Å². The highest BCUT2D eigenvalue weighted by Gasteiger charge is 2.18. The van der Waals surface area contributed by atoms with Gasteiger partial charge in [-0.2, -0.15) is 10.2 Å². The molecule has 3 aromatic heterocycles. The van der Waals surface area contributed by atoms with Crippen LogP contribution in [0.1, 0.15) is 40.1 Å². The molecule has 0 aliphatic rings. The van der Waals surface area contributed by atoms with E-state index in [0.717, 1.165) is 40.4 Å². The third-order valence-electron chi connectivity index (χ3n) is 4.06. The normalized spacial score (nSPS) is 11.2. The van der Waals surface area contributed by atoms with E-state index in [1.165, 1.54) is 0 Å². The Labute approximate surface area is 140 Å². The van der Waals surface area contributed by atoms with Gasteiger partial charge in [-0.1, -0.05) is 0 Å². The Morgan fingerprint density at radius 3 is 2.62 bits per heavy atom. The van der Waals surface area contributed by atoms with Crippen LogP contribution in [0.3, 0.4) is 0 Å². The maximum absolute atomic E-state index is 12.7. The van der Waals surface area contributed by atoms with Crippen molar-refractivity contribution in [2.24, 2.45) is 7.05 Å². The predicted octanol–water partition coefficient (Wildman–Crippen LogP) is 2.04. The van der Waals surface area contributed by atoms with Crippen molar-refractivity contribution in [3.05, 3.63) is 40.5 Å². The molecule has 0 aliphatic heterocycles. The molecule has 24 heavy (non-hydrogen) atoms. The van der Waals surface area contributed by atoms with E-state index in [9.17, 15) is 4.79 Å². The van der Waals surface area contributed by atoms with Gasteiger partial charge in [-0.3, -0.25) is 14.2 Å². The number of nitrogens with one attached hydrogen (secondary N) is 1. The minimum absolute atomic E-state index is 0.122. The van der Waals surface area contributed by atoms with Gasteiger partial charge in [0.1, 0.15) is 0 Å². The number of carbonyl (C=O) groups excluding carboxylic acids is 1. The van der Waals surface area contributed by atoms with Gasteiger partial charge in [0.2, 0.25) is 0 Å². The fourth-order valence-corrected chi connectivity index (χ4v) is 3.03. The quantitative estimate of drug-likeness (QED) is 0.796. The molecule has 0 bridgehead atoms. The van der Waals surface area contributed by atoms with E-state index in [1.54, 1.807) is 4.68 Å². The zero-order chi connectivity index (χ0) is 17.4. The van der Waals surface area contributed by atoms with Crippen LogP contribution in [0.25, 0.3) is 11.0 Å². The van der Waals surface area contributed by atoms with Gasteiger partial charge in [0.15, 0.2) is 5.65 Å². The fraction of sp³-hybridized carbons (Fsp3) is 0.412. The Hall–Kier alpha value is -2.70. The number of hydrogen-bond acceptors (Lipinski definition) is 4. The van der Waals surface area contributed by atoms with Crippen LogP contribution in [-0.4, -0.2) is 30.5 Å². The Balaban J connectivity index is 1.91. The van der Waals surface area contributed by atoms with Crippen LogP contribution in [0, 0.1) is 20.8 Å². The molecule has 0 aliphatic carbocycles. The van der Waals surface area contributed by atoms with E-state index in [2.05, 4.69) is 20.5 Å². The Bertz CT molecular complexity index is 921. The number of rotatable bonds is 4. The molecule has 0 saturated carbocycles. The van der Waals surface area contributed by atoms with Gasteiger partial charge in [0.25, 0.3) is 5.91 Å². The molecular formula is C17H22N6O. The second kappa shape index (κ2) is 6.07. The molecule has 1 N–H and O–H groups in total. The second-order valence-electron chi connectivity index (χ2n) is 5.99. The van der Waals surface area contributed by atoms with Crippen LogP contribution in [-0.2, 0) is 20.1 Å². The number of aryl methyl sites for hydroxylation is 5. The fourth-order valence-electron chi connectivity index (χ4n) is 3.03. The third kappa shape index (κ3) is 2.77. The second-order valence-corrected chi connectivity index (χ2v) is 5.99. The van der Waals surface area contributed by atoms with Gasteiger partial charge >= 0.3 is 0 Å². The van der Waals surface area contributed by atoms with E-state index in [-0.39, 0.29) is 5.91 Å². The molecule has 3 heterocycles. The molecule has 0 saturated heterocycles. The van der Waals surface area contributed by atoms with Crippen LogP contribution in [0.15, 0.2) is 12.1 Å². The number of fused-ring (bicyclic) bond motifs is 1. The molecule has 0 spiro atoms. The highest BCUT2D eigenvalue weighted by molar-refractivity contribution is 6.06. The minimum atomic E-state index is -0.122. The molecule has 3 aromatic rings. The summed E-state index contributed by atoms with van der Waals surface area (Å²) < 4.78 is 3.61. The van der Waals surface area contributed by atoms with Gasteiger partial charge in [-0.25, -0.2) is 4.98 Å². The standard InChI is InChI=1S/C17H22N6O/c1-6-23-13(7-11(3)20-23)9-18-17(24)14-8-10(2)19-16-15(14)12(4)21-22(16)5/h7-8H,6,9H2,1-5H3,(H,18,24). The van der Waals surface area contributed by atoms with Crippen LogP contribution in [0.5, 0.6) is 0 Å². The number of hydrogen-bond donors (Lipinski definition) is 1. The first-order valence-electron chi connectivity index (χ1n) is 8.03. The smallest absolute Gasteiger partial charge is 0.252 e. The van der Waals surface area contributed by atoms with Crippen molar-refractivity contribution < 1.29 is 4.79 Å². The number of amides is 1. The molecule has 0 fully saturated rings. The summed E-state index contributed by atoms with van der Waals surface area (Å²) in [4.78, 5) is 17.2. The molecule has 0 unspecified atom stereocenters. The zero-order valence-corrected chi connectivity index (χ0v) is 14.7. The summed E-state index contributed by atoms with van der Waals surface area (Å²) in [6, 6.07) is 3.81. The Morgan fingerprint density at radius 2 is 1.92 bits per heavy atom. The van der Waals surface area contributed by atoms with Gasteiger partial charge in [0, 0.05) is 19.3 Å². The molecule has 7 nitrogen and oxygen atoms in total. The monoisotopic (exact) mass is 326 g/mol. The first-order valence-corrected chi connectivity index (χ1v) is 8.03. The molecule has 0 aromatic carbocycles. The summed E-state index contributed by atoms with van der Waals surface area (Å²) in [5.74, 6) is -0.122. The molecule has 126 valence electrons. The molecule has 7 heteroatoms. The number of nitrogens with zero attached hydrogens (tertiary/aromatic N) is 5. The Kier molecular flexibility index (Phi) is 4.09. The molecule has 0 radical (unpaired) electrons. The van der Waals surface area contributed by atoms with E-state index >= 15 is 0 Å². The summed E-state index contributed by atoms with van der Waals surface area (Å²) in [6.07, 6.45) is 0. The SMILES string of the molecule is CCn1nc(C)cc1CNC(=O)c1cc(C)nc2c1c(C)nn2C. The Morgan fingerprint density at radius 1 is 1.17 bits per heavy atom. The van der Waals surface area contributed by atoms with Crippen molar-refractivity contribution in [1.29, 1.82) is 0 Å². The first-order chi connectivity index (χ1) is 11.4. The lowest BCUT2D eigenvalue weighted by molar-refractivity contribution is 0.0951. The predicted molar refractivity (Wildman–Crippen MR) is 91.8 cm³/mol. The van der Waals surface area contributed by atoms with E-state index in [4.69, 9.17) is 0 Å². The molecule has 0 atom stereocenters. The van der Waals surface area contributed by atoms with Crippen molar-refractivity contribution in [3.8, 4) is 0 Å². The van der Waals surface area contributed by atoms with Crippen LogP contribution < -0.4 is 5.32 Å². The van der Waals surface area contributed by atoms with Gasteiger partial charge < -0.3 is 5.32 Å². The zero-order valence-electron chi connectivity index (χ0n) is 14.7. The lowest BCUT2D eigenvalue weighted by Gasteiger charge is -2.09. The van der Waals surface area contributed by atoms with Crippen molar-refractivity contribution in [3.63, 3.8) is 0 Å². The van der Waals surface area contributed by atoms with Crippen molar-refractivity contribution in [2.45, 2.75) is 40.8 Å². The van der Waals surface area contributed by atoms with Crippen LogP contribution >= 0.6 is 0 Å². The highest BCUT2D eigenvalue weighted by Crippen LogP contribution is 2.21. The number of carbonyl (C=O) groups is 1. The summed E-state index contributed by atoms with van der Waals surface area (Å²) in [7, 11) is 1.84. The largest absolute Gasteiger partial charge is 0.346 e. The van der Waals surface area contributed by atoms with Gasteiger partial charge in [-0.05, 0) is 39.8 Å².